The van der Waals surface area contributed by atoms with E-state index < -0.39 is 0 Å². The fourth-order valence-electron chi connectivity index (χ4n) is 5.69. The maximum Gasteiger partial charge on any atom is 0.252 e. The van der Waals surface area contributed by atoms with Gasteiger partial charge in [0.2, 0.25) is 0 Å². The summed E-state index contributed by atoms with van der Waals surface area (Å²) in [6, 6.07) is 19.2. The van der Waals surface area contributed by atoms with E-state index in [1.807, 2.05) is 24.4 Å². The molecule has 2 saturated heterocycles. The van der Waals surface area contributed by atoms with Crippen LogP contribution in [0.2, 0.25) is 0 Å². The molecule has 3 aromatic rings. The molecule has 3 heterocycles. The third-order valence-corrected chi connectivity index (χ3v) is 7.92. The lowest BCUT2D eigenvalue weighted by atomic mass is 9.99. The van der Waals surface area contributed by atoms with E-state index in [-0.39, 0.29) is 5.91 Å². The Morgan fingerprint density at radius 3 is 2.64 bits per heavy atom. The van der Waals surface area contributed by atoms with Crippen LogP contribution < -0.4 is 20.3 Å². The lowest BCUT2D eigenvalue weighted by Gasteiger charge is -2.35. The third kappa shape index (κ3) is 7.37. The highest BCUT2D eigenvalue weighted by molar-refractivity contribution is 5.95. The number of likely N-dealkylation sites (tertiary alicyclic amines) is 1. The summed E-state index contributed by atoms with van der Waals surface area (Å²) in [6.45, 7) is 6.94. The Balaban J connectivity index is 1.16. The van der Waals surface area contributed by atoms with Crippen LogP contribution in [0, 0.1) is 0 Å². The monoisotopic (exact) mass is 527 g/mol. The van der Waals surface area contributed by atoms with Crippen molar-refractivity contribution in [1.82, 2.24) is 20.5 Å². The number of piperidine rings is 1. The van der Waals surface area contributed by atoms with E-state index in [1.165, 1.54) is 37.2 Å². The predicted octanol–water partition coefficient (Wildman–Crippen LogP) is 4.73. The largest absolute Gasteiger partial charge is 0.497 e. The van der Waals surface area contributed by atoms with Gasteiger partial charge < -0.3 is 25.2 Å². The normalized spacial score (nSPS) is 16.4. The number of carbonyl (C=O) groups is 1. The zero-order valence-corrected chi connectivity index (χ0v) is 23.1. The molecule has 7 heteroatoms. The summed E-state index contributed by atoms with van der Waals surface area (Å²) in [5, 5.41) is 6.81. The molecule has 2 aliphatic rings. The van der Waals surface area contributed by atoms with Crippen molar-refractivity contribution in [3.63, 3.8) is 0 Å². The highest BCUT2D eigenvalue weighted by atomic mass is 16.5. The van der Waals surface area contributed by atoms with Crippen LogP contribution in [0.4, 0.5) is 5.69 Å². The van der Waals surface area contributed by atoms with E-state index in [0.717, 1.165) is 62.3 Å². The number of amides is 1. The minimum Gasteiger partial charge on any atom is -0.497 e. The van der Waals surface area contributed by atoms with E-state index in [9.17, 15) is 4.79 Å². The fraction of sp³-hybridized carbons (Fsp3) is 0.438. The molecule has 1 aromatic heterocycles. The van der Waals surface area contributed by atoms with Crippen molar-refractivity contribution < 1.29 is 9.53 Å². The third-order valence-electron chi connectivity index (χ3n) is 7.92. The molecule has 5 rings (SSSR count). The second kappa shape index (κ2) is 13.6. The average molecular weight is 528 g/mol. The first-order valence-electron chi connectivity index (χ1n) is 14.4. The van der Waals surface area contributed by atoms with Crippen molar-refractivity contribution in [3.05, 3.63) is 78.1 Å². The quantitative estimate of drug-likeness (QED) is 0.352. The number of benzene rings is 2. The van der Waals surface area contributed by atoms with E-state index in [4.69, 9.17) is 4.74 Å². The van der Waals surface area contributed by atoms with Crippen molar-refractivity contribution in [1.29, 1.82) is 0 Å². The Labute approximate surface area is 232 Å². The van der Waals surface area contributed by atoms with Gasteiger partial charge in [-0.15, -0.1) is 0 Å². The minimum absolute atomic E-state index is 0.0498. The molecule has 0 bridgehead atoms. The maximum absolute atomic E-state index is 12.9. The van der Waals surface area contributed by atoms with Gasteiger partial charge in [-0.3, -0.25) is 9.78 Å². The molecule has 2 fully saturated rings. The number of pyridine rings is 1. The second-order valence-corrected chi connectivity index (χ2v) is 10.6. The number of carbonyl (C=O) groups excluding carboxylic acids is 1. The van der Waals surface area contributed by atoms with E-state index >= 15 is 0 Å². The lowest BCUT2D eigenvalue weighted by molar-refractivity contribution is 0.0951. The first-order valence-corrected chi connectivity index (χ1v) is 14.4. The van der Waals surface area contributed by atoms with E-state index in [1.54, 1.807) is 13.3 Å². The summed E-state index contributed by atoms with van der Waals surface area (Å²) in [5.41, 5.74) is 5.16. The van der Waals surface area contributed by atoms with Crippen LogP contribution in [0.15, 0.2) is 67.0 Å². The number of nitrogens with zero attached hydrogens (tertiary/aromatic N) is 3. The van der Waals surface area contributed by atoms with Gasteiger partial charge in [0.1, 0.15) is 5.75 Å². The molecule has 2 N–H and O–H groups in total. The summed E-state index contributed by atoms with van der Waals surface area (Å²) in [7, 11) is 1.71. The molecule has 0 radical (unpaired) electrons. The van der Waals surface area contributed by atoms with Gasteiger partial charge in [0.15, 0.2) is 0 Å². The lowest BCUT2D eigenvalue weighted by Crippen LogP contribution is -2.42. The average Bonchev–Trinajstić information content (AvgIpc) is 3.52. The highest BCUT2D eigenvalue weighted by Gasteiger charge is 2.21. The number of aromatic nitrogens is 1. The zero-order chi connectivity index (χ0) is 26.9. The van der Waals surface area contributed by atoms with Gasteiger partial charge in [-0.05, 0) is 81.6 Å². The predicted molar refractivity (Wildman–Crippen MR) is 157 cm³/mol. The van der Waals surface area contributed by atoms with Crippen LogP contribution >= 0.6 is 0 Å². The first kappa shape index (κ1) is 27.2. The molecule has 206 valence electrons. The Kier molecular flexibility index (Phi) is 9.46. The molecule has 0 saturated carbocycles. The molecule has 1 amide bonds. The summed E-state index contributed by atoms with van der Waals surface area (Å²) in [6.07, 6.45) is 9.27. The van der Waals surface area contributed by atoms with Gasteiger partial charge in [0.05, 0.1) is 12.7 Å². The summed E-state index contributed by atoms with van der Waals surface area (Å²) in [4.78, 5) is 22.2. The summed E-state index contributed by atoms with van der Waals surface area (Å²) < 4.78 is 5.35. The van der Waals surface area contributed by atoms with Gasteiger partial charge >= 0.3 is 0 Å². The Morgan fingerprint density at radius 1 is 1.00 bits per heavy atom. The van der Waals surface area contributed by atoms with Crippen molar-refractivity contribution in [3.8, 4) is 16.9 Å². The maximum atomic E-state index is 12.9. The smallest absolute Gasteiger partial charge is 0.252 e. The molecule has 39 heavy (non-hydrogen) atoms. The van der Waals surface area contributed by atoms with Gasteiger partial charge in [0.25, 0.3) is 5.91 Å². The van der Waals surface area contributed by atoms with E-state index in [2.05, 4.69) is 61.8 Å². The first-order chi connectivity index (χ1) is 19.2. The van der Waals surface area contributed by atoms with Crippen LogP contribution in [0.3, 0.4) is 0 Å². The van der Waals surface area contributed by atoms with Crippen LogP contribution in [0.25, 0.3) is 11.1 Å². The number of ether oxygens (including phenoxy) is 1. The standard InChI is InChI=1S/C32H41N5O2/c1-39-29-9-6-8-25(20-29)22-35-28-12-18-37(19-13-28)31-11-3-2-10-30(31)26-21-27(24-33-23-26)32(38)34-14-7-17-36-15-4-5-16-36/h2-3,6,8-11,20-21,23-24,28,35H,4-5,7,12-19,22H2,1H3,(H,34,38). The van der Waals surface area contributed by atoms with Gasteiger partial charge in [-0.1, -0.05) is 30.3 Å². The van der Waals surface area contributed by atoms with Crippen molar-refractivity contribution in [2.24, 2.45) is 0 Å². The zero-order valence-electron chi connectivity index (χ0n) is 23.1. The van der Waals surface area contributed by atoms with Crippen LogP contribution in [-0.4, -0.2) is 68.2 Å². The molecule has 0 unspecified atom stereocenters. The summed E-state index contributed by atoms with van der Waals surface area (Å²) >= 11 is 0. The topological polar surface area (TPSA) is 69.7 Å². The number of hydrogen-bond donors (Lipinski definition) is 2. The Bertz CT molecular complexity index is 1220. The SMILES string of the molecule is COc1cccc(CNC2CCN(c3ccccc3-c3cncc(C(=O)NCCCN4CCCC4)c3)CC2)c1. The van der Waals surface area contributed by atoms with Crippen LogP contribution in [0.1, 0.15) is 48.0 Å². The van der Waals surface area contributed by atoms with Crippen molar-refractivity contribution in [2.75, 3.05) is 51.3 Å². The van der Waals surface area contributed by atoms with Gasteiger partial charge in [-0.2, -0.15) is 0 Å². The number of hydrogen-bond acceptors (Lipinski definition) is 6. The number of methoxy groups -OCH3 is 1. The summed E-state index contributed by atoms with van der Waals surface area (Å²) in [5.74, 6) is 0.848. The molecule has 2 aliphatic heterocycles. The van der Waals surface area contributed by atoms with Crippen molar-refractivity contribution >= 4 is 11.6 Å². The number of anilines is 1. The van der Waals surface area contributed by atoms with Gasteiger partial charge in [-0.25, -0.2) is 0 Å². The molecular formula is C32H41N5O2. The van der Waals surface area contributed by atoms with Crippen LogP contribution in [-0.2, 0) is 6.54 Å². The van der Waals surface area contributed by atoms with Crippen molar-refractivity contribution in [2.45, 2.75) is 44.7 Å². The molecular weight excluding hydrogens is 486 g/mol. The second-order valence-electron chi connectivity index (χ2n) is 10.6. The highest BCUT2D eigenvalue weighted by Crippen LogP contribution is 2.32. The number of para-hydroxylation sites is 1. The van der Waals surface area contributed by atoms with Gasteiger partial charge in [0, 0.05) is 61.4 Å². The molecule has 2 aromatic carbocycles. The molecule has 0 aliphatic carbocycles. The number of rotatable bonds is 11. The van der Waals surface area contributed by atoms with Crippen LogP contribution in [0.5, 0.6) is 5.75 Å². The number of nitrogens with one attached hydrogen (secondary N) is 2. The Hall–Kier alpha value is -3.42. The minimum atomic E-state index is -0.0498. The van der Waals surface area contributed by atoms with E-state index in [0.29, 0.717) is 18.2 Å². The Morgan fingerprint density at radius 2 is 1.82 bits per heavy atom. The fourth-order valence-corrected chi connectivity index (χ4v) is 5.69. The molecule has 0 spiro atoms. The molecule has 0 atom stereocenters. The molecule has 7 nitrogen and oxygen atoms in total.